The van der Waals surface area contributed by atoms with Gasteiger partial charge in [0.2, 0.25) is 5.91 Å². The van der Waals surface area contributed by atoms with E-state index in [1.807, 2.05) is 4.90 Å². The van der Waals surface area contributed by atoms with Crippen molar-refractivity contribution in [2.75, 3.05) is 13.1 Å². The Morgan fingerprint density at radius 2 is 1.94 bits per heavy atom. The van der Waals surface area contributed by atoms with Crippen LogP contribution >= 0.6 is 0 Å². The van der Waals surface area contributed by atoms with Crippen LogP contribution in [0.4, 0.5) is 0 Å². The quantitative estimate of drug-likeness (QED) is 0.781. The van der Waals surface area contributed by atoms with Crippen molar-refractivity contribution < 1.29 is 4.79 Å². The Balaban J connectivity index is 2.32. The van der Waals surface area contributed by atoms with E-state index in [1.54, 1.807) is 0 Å². The van der Waals surface area contributed by atoms with Gasteiger partial charge in [-0.15, -0.1) is 0 Å². The first kappa shape index (κ1) is 13.5. The van der Waals surface area contributed by atoms with Gasteiger partial charge >= 0.3 is 0 Å². The van der Waals surface area contributed by atoms with Crippen molar-refractivity contribution in [3.8, 4) is 0 Å². The molecule has 0 radical (unpaired) electrons. The van der Waals surface area contributed by atoms with Gasteiger partial charge in [0.25, 0.3) is 0 Å². The third-order valence-electron chi connectivity index (χ3n) is 3.54. The van der Waals surface area contributed by atoms with E-state index in [2.05, 4.69) is 13.8 Å². The van der Waals surface area contributed by atoms with Crippen molar-refractivity contribution >= 4 is 5.91 Å². The number of hydrogen-bond donors (Lipinski definition) is 1. The lowest BCUT2D eigenvalue weighted by Gasteiger charge is -2.33. The molecule has 1 rings (SSSR count). The molecule has 3 heteroatoms. The normalized spacial score (nSPS) is 19.8. The Bertz CT molecular complexity index is 210. The topological polar surface area (TPSA) is 46.3 Å². The molecule has 3 nitrogen and oxygen atoms in total. The van der Waals surface area contributed by atoms with Crippen molar-refractivity contribution in [2.45, 2.75) is 58.4 Å². The van der Waals surface area contributed by atoms with Gasteiger partial charge in [0, 0.05) is 13.1 Å². The van der Waals surface area contributed by atoms with Crippen molar-refractivity contribution in [1.29, 1.82) is 0 Å². The number of likely N-dealkylation sites (tertiary alicyclic amines) is 1. The van der Waals surface area contributed by atoms with E-state index < -0.39 is 0 Å². The molecule has 0 aliphatic carbocycles. The fourth-order valence-corrected chi connectivity index (χ4v) is 2.52. The third-order valence-corrected chi connectivity index (χ3v) is 3.54. The van der Waals surface area contributed by atoms with Gasteiger partial charge in [0.15, 0.2) is 0 Å². The Labute approximate surface area is 99.4 Å². The van der Waals surface area contributed by atoms with Crippen molar-refractivity contribution in [3.05, 3.63) is 0 Å². The van der Waals surface area contributed by atoms with Crippen molar-refractivity contribution in [3.63, 3.8) is 0 Å². The summed E-state index contributed by atoms with van der Waals surface area (Å²) in [6.07, 6.45) is 6.70. The van der Waals surface area contributed by atoms with Crippen molar-refractivity contribution in [2.24, 2.45) is 11.7 Å². The Morgan fingerprint density at radius 3 is 2.44 bits per heavy atom. The Morgan fingerprint density at radius 1 is 1.31 bits per heavy atom. The molecule has 1 atom stereocenters. The second-order valence-corrected chi connectivity index (χ2v) is 4.95. The molecule has 94 valence electrons. The number of nitrogens with two attached hydrogens (primary N) is 1. The Hall–Kier alpha value is -0.570. The lowest BCUT2D eigenvalue weighted by molar-refractivity contribution is -0.134. The smallest absolute Gasteiger partial charge is 0.239 e. The van der Waals surface area contributed by atoms with E-state index in [0.29, 0.717) is 0 Å². The number of rotatable bonds is 5. The minimum Gasteiger partial charge on any atom is -0.341 e. The number of carbonyl (C=O) groups excluding carboxylic acids is 1. The van der Waals surface area contributed by atoms with Gasteiger partial charge < -0.3 is 10.6 Å². The molecule has 1 fully saturated rings. The predicted octanol–water partition coefficient (Wildman–Crippen LogP) is 2.15. The molecule has 16 heavy (non-hydrogen) atoms. The molecule has 0 aromatic carbocycles. The number of hydrogen-bond acceptors (Lipinski definition) is 2. The maximum Gasteiger partial charge on any atom is 0.239 e. The first-order valence-electron chi connectivity index (χ1n) is 6.73. The molecule has 0 aromatic rings. The lowest BCUT2D eigenvalue weighted by atomic mass is 9.92. The standard InChI is InChI=1S/C13H26N2O/c1-3-5-11-7-9-15(10-8-11)13(16)12(14)6-4-2/h11-12H,3-10,14H2,1-2H3/t12-/m1/s1. The first-order valence-corrected chi connectivity index (χ1v) is 6.73. The molecule has 1 amide bonds. The zero-order valence-corrected chi connectivity index (χ0v) is 10.7. The van der Waals surface area contributed by atoms with E-state index in [-0.39, 0.29) is 11.9 Å². The summed E-state index contributed by atoms with van der Waals surface area (Å²) >= 11 is 0. The molecule has 0 bridgehead atoms. The summed E-state index contributed by atoms with van der Waals surface area (Å²) in [7, 11) is 0. The van der Waals surface area contributed by atoms with Crippen LogP contribution in [0.15, 0.2) is 0 Å². The molecule has 1 aliphatic rings. The van der Waals surface area contributed by atoms with Crippen LogP contribution in [0.1, 0.15) is 52.4 Å². The van der Waals surface area contributed by atoms with E-state index in [9.17, 15) is 4.79 Å². The molecule has 0 aromatic heterocycles. The fourth-order valence-electron chi connectivity index (χ4n) is 2.52. The van der Waals surface area contributed by atoms with Crippen LogP contribution in [-0.2, 0) is 4.79 Å². The number of nitrogens with zero attached hydrogens (tertiary/aromatic N) is 1. The van der Waals surface area contributed by atoms with Gasteiger partial charge in [-0.05, 0) is 25.2 Å². The molecule has 1 heterocycles. The third kappa shape index (κ3) is 3.78. The summed E-state index contributed by atoms with van der Waals surface area (Å²) in [6, 6.07) is -0.271. The molecule has 0 spiro atoms. The summed E-state index contributed by atoms with van der Waals surface area (Å²) in [5.74, 6) is 0.994. The summed E-state index contributed by atoms with van der Waals surface area (Å²) < 4.78 is 0. The van der Waals surface area contributed by atoms with Crippen molar-refractivity contribution in [1.82, 2.24) is 4.90 Å². The summed E-state index contributed by atoms with van der Waals surface area (Å²) in [5.41, 5.74) is 5.86. The highest BCUT2D eigenvalue weighted by atomic mass is 16.2. The van der Waals surface area contributed by atoms with Gasteiger partial charge in [-0.25, -0.2) is 0 Å². The first-order chi connectivity index (χ1) is 7.69. The average molecular weight is 226 g/mol. The molecule has 0 saturated carbocycles. The second-order valence-electron chi connectivity index (χ2n) is 4.95. The zero-order chi connectivity index (χ0) is 12.0. The van der Waals surface area contributed by atoms with Gasteiger partial charge in [0.05, 0.1) is 6.04 Å². The van der Waals surface area contributed by atoms with Crippen LogP contribution < -0.4 is 5.73 Å². The van der Waals surface area contributed by atoms with E-state index in [1.165, 1.54) is 25.7 Å². The van der Waals surface area contributed by atoms with Crippen LogP contribution in [0.2, 0.25) is 0 Å². The maximum atomic E-state index is 12.0. The van der Waals surface area contributed by atoms with Crippen LogP contribution in [-0.4, -0.2) is 29.9 Å². The molecule has 2 N–H and O–H groups in total. The Kier molecular flexibility index (Phi) is 5.81. The van der Waals surface area contributed by atoms with Gasteiger partial charge in [-0.3, -0.25) is 4.79 Å². The highest BCUT2D eigenvalue weighted by molar-refractivity contribution is 5.81. The molecular formula is C13H26N2O. The molecular weight excluding hydrogens is 200 g/mol. The molecule has 1 saturated heterocycles. The van der Waals surface area contributed by atoms with Crippen LogP contribution in [0.25, 0.3) is 0 Å². The van der Waals surface area contributed by atoms with Gasteiger partial charge in [-0.1, -0.05) is 33.1 Å². The largest absolute Gasteiger partial charge is 0.341 e. The fraction of sp³-hybridized carbons (Fsp3) is 0.923. The van der Waals surface area contributed by atoms with E-state index >= 15 is 0 Å². The minimum atomic E-state index is -0.271. The van der Waals surface area contributed by atoms with E-state index in [0.717, 1.165) is 31.8 Å². The summed E-state index contributed by atoms with van der Waals surface area (Å²) in [5, 5.41) is 0. The second kappa shape index (κ2) is 6.89. The number of amides is 1. The number of carbonyl (C=O) groups is 1. The highest BCUT2D eigenvalue weighted by Gasteiger charge is 2.25. The predicted molar refractivity (Wildman–Crippen MR) is 67.1 cm³/mol. The maximum absolute atomic E-state index is 12.0. The number of piperidine rings is 1. The van der Waals surface area contributed by atoms with Gasteiger partial charge in [0.1, 0.15) is 0 Å². The minimum absolute atomic E-state index is 0.164. The van der Waals surface area contributed by atoms with Crippen LogP contribution in [0, 0.1) is 5.92 Å². The summed E-state index contributed by atoms with van der Waals surface area (Å²) in [4.78, 5) is 13.9. The molecule has 0 unspecified atom stereocenters. The summed E-state index contributed by atoms with van der Waals surface area (Å²) in [6.45, 7) is 6.14. The van der Waals surface area contributed by atoms with E-state index in [4.69, 9.17) is 5.73 Å². The monoisotopic (exact) mass is 226 g/mol. The van der Waals surface area contributed by atoms with Gasteiger partial charge in [-0.2, -0.15) is 0 Å². The highest BCUT2D eigenvalue weighted by Crippen LogP contribution is 2.22. The van der Waals surface area contributed by atoms with Crippen LogP contribution in [0.3, 0.4) is 0 Å². The average Bonchev–Trinajstić information content (AvgIpc) is 2.30. The SMILES string of the molecule is CCCC1CCN(C(=O)[C@H](N)CCC)CC1. The van der Waals surface area contributed by atoms with Crippen LogP contribution in [0.5, 0.6) is 0 Å². The molecule has 1 aliphatic heterocycles. The lowest BCUT2D eigenvalue weighted by Crippen LogP contribution is -2.47. The zero-order valence-electron chi connectivity index (χ0n) is 10.7.